The number of methoxy groups -OCH3 is 1. The number of hydrogen-bond acceptors (Lipinski definition) is 4. The highest BCUT2D eigenvalue weighted by Gasteiger charge is 2.15. The SMILES string of the molecule is COc1ccc(Nc2cc(C)c(C#N)c3nc4ccccc4n23)cc1Cl. The third kappa shape index (κ3) is 2.52. The highest BCUT2D eigenvalue weighted by Crippen LogP contribution is 2.31. The van der Waals surface area contributed by atoms with E-state index in [1.54, 1.807) is 13.2 Å². The predicted molar refractivity (Wildman–Crippen MR) is 103 cm³/mol. The van der Waals surface area contributed by atoms with Gasteiger partial charge in [-0.15, -0.1) is 0 Å². The number of hydrogen-bond donors (Lipinski definition) is 1. The van der Waals surface area contributed by atoms with E-state index in [9.17, 15) is 5.26 Å². The van der Waals surface area contributed by atoms with Crippen LogP contribution in [-0.4, -0.2) is 16.5 Å². The zero-order valence-electron chi connectivity index (χ0n) is 14.2. The number of aromatic nitrogens is 2. The summed E-state index contributed by atoms with van der Waals surface area (Å²) in [6.45, 7) is 1.91. The number of nitriles is 1. The van der Waals surface area contributed by atoms with Crippen molar-refractivity contribution in [2.45, 2.75) is 6.92 Å². The maximum atomic E-state index is 9.56. The Hall–Kier alpha value is -3.23. The topological polar surface area (TPSA) is 62.3 Å². The third-order valence-corrected chi connectivity index (χ3v) is 4.60. The monoisotopic (exact) mass is 362 g/mol. The molecule has 2 aromatic heterocycles. The molecule has 0 unspecified atom stereocenters. The molecule has 0 aliphatic rings. The van der Waals surface area contributed by atoms with Crippen molar-refractivity contribution in [3.63, 3.8) is 0 Å². The van der Waals surface area contributed by atoms with Crippen molar-refractivity contribution in [2.24, 2.45) is 0 Å². The van der Waals surface area contributed by atoms with Crippen molar-refractivity contribution in [1.29, 1.82) is 5.26 Å². The van der Waals surface area contributed by atoms with Crippen LogP contribution in [0.15, 0.2) is 48.5 Å². The molecule has 0 bridgehead atoms. The number of para-hydroxylation sites is 2. The summed E-state index contributed by atoms with van der Waals surface area (Å²) in [5.74, 6) is 1.43. The molecule has 6 heteroatoms. The molecule has 0 fully saturated rings. The summed E-state index contributed by atoms with van der Waals surface area (Å²) in [6, 6.07) is 17.5. The van der Waals surface area contributed by atoms with E-state index in [4.69, 9.17) is 16.3 Å². The molecule has 5 nitrogen and oxygen atoms in total. The van der Waals surface area contributed by atoms with Crippen LogP contribution in [0.2, 0.25) is 5.02 Å². The van der Waals surface area contributed by atoms with Crippen LogP contribution < -0.4 is 10.1 Å². The first-order valence-electron chi connectivity index (χ1n) is 8.04. The Morgan fingerprint density at radius 2 is 2.00 bits per heavy atom. The number of anilines is 2. The molecule has 0 aliphatic heterocycles. The molecule has 0 aliphatic carbocycles. The van der Waals surface area contributed by atoms with E-state index < -0.39 is 0 Å². The highest BCUT2D eigenvalue weighted by atomic mass is 35.5. The molecule has 0 amide bonds. The Bertz CT molecular complexity index is 1190. The lowest BCUT2D eigenvalue weighted by molar-refractivity contribution is 0.415. The van der Waals surface area contributed by atoms with Gasteiger partial charge in [0.2, 0.25) is 0 Å². The van der Waals surface area contributed by atoms with Crippen LogP contribution in [0.1, 0.15) is 11.1 Å². The lowest BCUT2D eigenvalue weighted by Gasteiger charge is -2.13. The van der Waals surface area contributed by atoms with Crippen LogP contribution in [-0.2, 0) is 0 Å². The second-order valence-electron chi connectivity index (χ2n) is 5.93. The van der Waals surface area contributed by atoms with Crippen LogP contribution in [0.4, 0.5) is 11.5 Å². The number of rotatable bonds is 3. The van der Waals surface area contributed by atoms with Gasteiger partial charge >= 0.3 is 0 Å². The van der Waals surface area contributed by atoms with Crippen molar-refractivity contribution < 1.29 is 4.74 Å². The molecule has 1 N–H and O–H groups in total. The van der Waals surface area contributed by atoms with E-state index in [1.165, 1.54) is 0 Å². The van der Waals surface area contributed by atoms with Gasteiger partial charge in [-0.25, -0.2) is 4.98 Å². The fraction of sp³-hybridized carbons (Fsp3) is 0.100. The fourth-order valence-electron chi connectivity index (χ4n) is 3.08. The van der Waals surface area contributed by atoms with Gasteiger partial charge in [-0.3, -0.25) is 4.40 Å². The Labute approximate surface area is 155 Å². The maximum absolute atomic E-state index is 9.56. The summed E-state index contributed by atoms with van der Waals surface area (Å²) < 4.78 is 7.16. The van der Waals surface area contributed by atoms with Crippen LogP contribution >= 0.6 is 11.6 Å². The highest BCUT2D eigenvalue weighted by molar-refractivity contribution is 6.32. The summed E-state index contributed by atoms with van der Waals surface area (Å²) in [4.78, 5) is 4.65. The van der Waals surface area contributed by atoms with E-state index in [0.29, 0.717) is 22.0 Å². The zero-order valence-corrected chi connectivity index (χ0v) is 15.0. The Morgan fingerprint density at radius 3 is 2.73 bits per heavy atom. The Kier molecular flexibility index (Phi) is 3.90. The minimum atomic E-state index is 0.523. The van der Waals surface area contributed by atoms with Gasteiger partial charge < -0.3 is 10.1 Å². The van der Waals surface area contributed by atoms with Gasteiger partial charge in [0, 0.05) is 5.69 Å². The zero-order chi connectivity index (χ0) is 18.3. The van der Waals surface area contributed by atoms with Crippen molar-refractivity contribution in [3.05, 3.63) is 64.7 Å². The van der Waals surface area contributed by atoms with Gasteiger partial charge in [-0.05, 0) is 48.9 Å². The largest absolute Gasteiger partial charge is 0.495 e. The Balaban J connectivity index is 1.95. The number of ether oxygens (including phenoxy) is 1. The molecule has 2 aromatic carbocycles. The number of pyridine rings is 1. The molecule has 4 aromatic rings. The number of halogens is 1. The standard InChI is InChI=1S/C20H15ClN4O/c1-12-9-19(23-13-7-8-18(26-2)15(21)10-13)25-17-6-4-3-5-16(17)24-20(25)14(12)11-22/h3-10,23H,1-2H3. The van der Waals surface area contributed by atoms with Crippen molar-refractivity contribution >= 4 is 39.8 Å². The van der Waals surface area contributed by atoms with Gasteiger partial charge in [0.15, 0.2) is 5.65 Å². The average Bonchev–Trinajstić information content (AvgIpc) is 3.01. The van der Waals surface area contributed by atoms with E-state index in [-0.39, 0.29) is 0 Å². The summed E-state index contributed by atoms with van der Waals surface area (Å²) >= 11 is 6.24. The van der Waals surface area contributed by atoms with E-state index >= 15 is 0 Å². The van der Waals surface area contributed by atoms with Crippen LogP contribution in [0.25, 0.3) is 16.7 Å². The van der Waals surface area contributed by atoms with E-state index in [2.05, 4.69) is 16.4 Å². The van der Waals surface area contributed by atoms with Crippen LogP contribution in [0.3, 0.4) is 0 Å². The average molecular weight is 363 g/mol. The van der Waals surface area contributed by atoms with Crippen molar-refractivity contribution in [3.8, 4) is 11.8 Å². The Morgan fingerprint density at radius 1 is 1.19 bits per heavy atom. The number of nitrogens with zero attached hydrogens (tertiary/aromatic N) is 3. The molecule has 128 valence electrons. The second-order valence-corrected chi connectivity index (χ2v) is 6.34. The minimum Gasteiger partial charge on any atom is -0.495 e. The first kappa shape index (κ1) is 16.2. The molecule has 0 saturated carbocycles. The van der Waals surface area contributed by atoms with Gasteiger partial charge in [0.25, 0.3) is 0 Å². The maximum Gasteiger partial charge on any atom is 0.157 e. The number of aryl methyl sites for hydroxylation is 1. The molecule has 26 heavy (non-hydrogen) atoms. The lowest BCUT2D eigenvalue weighted by atomic mass is 10.1. The van der Waals surface area contributed by atoms with E-state index in [1.807, 2.05) is 53.8 Å². The van der Waals surface area contributed by atoms with Crippen LogP contribution in [0, 0.1) is 18.3 Å². The van der Waals surface area contributed by atoms with Gasteiger partial charge in [-0.1, -0.05) is 23.7 Å². The lowest BCUT2D eigenvalue weighted by Crippen LogP contribution is -2.02. The molecule has 2 heterocycles. The quantitative estimate of drug-likeness (QED) is 0.552. The summed E-state index contributed by atoms with van der Waals surface area (Å²) in [6.07, 6.45) is 0. The first-order valence-corrected chi connectivity index (χ1v) is 8.41. The summed E-state index contributed by atoms with van der Waals surface area (Å²) in [5, 5.41) is 13.5. The predicted octanol–water partition coefficient (Wildman–Crippen LogP) is 5.07. The first-order chi connectivity index (χ1) is 12.6. The van der Waals surface area contributed by atoms with Crippen LogP contribution in [0.5, 0.6) is 5.75 Å². The molecule has 4 rings (SSSR count). The van der Waals surface area contributed by atoms with Gasteiger partial charge in [0.1, 0.15) is 17.6 Å². The van der Waals surface area contributed by atoms with Gasteiger partial charge in [-0.2, -0.15) is 5.26 Å². The summed E-state index contributed by atoms with van der Waals surface area (Å²) in [7, 11) is 1.58. The third-order valence-electron chi connectivity index (χ3n) is 4.31. The number of fused-ring (bicyclic) bond motifs is 3. The molecular formula is C20H15ClN4O. The number of nitrogens with one attached hydrogen (secondary N) is 1. The van der Waals surface area contributed by atoms with E-state index in [0.717, 1.165) is 28.1 Å². The van der Waals surface area contributed by atoms with Gasteiger partial charge in [0.05, 0.1) is 28.7 Å². The fourth-order valence-corrected chi connectivity index (χ4v) is 3.34. The summed E-state index contributed by atoms with van der Waals surface area (Å²) in [5.41, 5.74) is 4.65. The molecule has 0 spiro atoms. The molecule has 0 radical (unpaired) electrons. The molecule has 0 atom stereocenters. The smallest absolute Gasteiger partial charge is 0.157 e. The number of imidazole rings is 1. The van der Waals surface area contributed by atoms with Crippen molar-refractivity contribution in [2.75, 3.05) is 12.4 Å². The molecule has 0 saturated heterocycles. The molecular weight excluding hydrogens is 348 g/mol. The number of benzene rings is 2. The van der Waals surface area contributed by atoms with Crippen molar-refractivity contribution in [1.82, 2.24) is 9.38 Å². The second kappa shape index (κ2) is 6.25. The normalized spacial score (nSPS) is 10.8. The minimum absolute atomic E-state index is 0.523.